The maximum absolute atomic E-state index is 5.50. The number of nitrogens with zero attached hydrogens (tertiary/aromatic N) is 1. The summed E-state index contributed by atoms with van der Waals surface area (Å²) in [4.78, 5) is 0. The molecule has 2 rings (SSSR count). The van der Waals surface area contributed by atoms with Crippen LogP contribution in [0.3, 0.4) is 0 Å². The van der Waals surface area contributed by atoms with Crippen LogP contribution < -0.4 is 9.47 Å². The molecule has 0 amide bonds. The zero-order valence-electron chi connectivity index (χ0n) is 16.6. The van der Waals surface area contributed by atoms with Crippen LogP contribution >= 0.6 is 11.9 Å². The number of terminal acetylenes is 1. The van der Waals surface area contributed by atoms with E-state index in [1.165, 1.54) is 11.1 Å². The summed E-state index contributed by atoms with van der Waals surface area (Å²) in [6.45, 7) is 6.18. The molecule has 0 aliphatic carbocycles. The van der Waals surface area contributed by atoms with Gasteiger partial charge in [-0.05, 0) is 41.3 Å². The van der Waals surface area contributed by atoms with Gasteiger partial charge in [-0.15, -0.1) is 12.3 Å². The number of ether oxygens (including phenoxy) is 2. The fourth-order valence-corrected chi connectivity index (χ4v) is 3.91. The van der Waals surface area contributed by atoms with Crippen molar-refractivity contribution in [3.63, 3.8) is 0 Å². The van der Waals surface area contributed by atoms with Crippen LogP contribution in [0.1, 0.15) is 31.4 Å². The van der Waals surface area contributed by atoms with E-state index in [0.717, 1.165) is 31.0 Å². The summed E-state index contributed by atoms with van der Waals surface area (Å²) in [5, 5.41) is 0.442. The molecule has 0 radical (unpaired) electrons. The molecule has 0 bridgehead atoms. The molecule has 0 heterocycles. The third kappa shape index (κ3) is 6.86. The summed E-state index contributed by atoms with van der Waals surface area (Å²) in [6, 6.07) is 16.5. The van der Waals surface area contributed by atoms with Gasteiger partial charge in [0.05, 0.1) is 14.2 Å². The first-order valence-corrected chi connectivity index (χ1v) is 10.0. The van der Waals surface area contributed by atoms with Gasteiger partial charge in [-0.1, -0.05) is 50.1 Å². The van der Waals surface area contributed by atoms with Crippen molar-refractivity contribution in [3.05, 3.63) is 59.7 Å². The number of rotatable bonds is 10. The fourth-order valence-electron chi connectivity index (χ4n) is 2.69. The van der Waals surface area contributed by atoms with Crippen LogP contribution in [0, 0.1) is 18.3 Å². The minimum atomic E-state index is 0.442. The lowest BCUT2D eigenvalue weighted by Gasteiger charge is -2.27. The maximum atomic E-state index is 5.50. The summed E-state index contributed by atoms with van der Waals surface area (Å²) in [6.07, 6.45) is 6.30. The van der Waals surface area contributed by atoms with Crippen LogP contribution in [0.15, 0.2) is 48.5 Å². The minimum absolute atomic E-state index is 0.442. The van der Waals surface area contributed by atoms with E-state index in [2.05, 4.69) is 48.3 Å². The van der Waals surface area contributed by atoms with E-state index in [9.17, 15) is 0 Å². The third-order valence-corrected chi connectivity index (χ3v) is 5.95. The Balaban J connectivity index is 2.11. The molecular weight excluding hydrogens is 354 g/mol. The third-order valence-electron chi connectivity index (χ3n) is 4.59. The number of hydrogen-bond acceptors (Lipinski definition) is 4. The monoisotopic (exact) mass is 383 g/mol. The number of benzene rings is 2. The smallest absolute Gasteiger partial charge is 0.118 e. The van der Waals surface area contributed by atoms with E-state index in [4.69, 9.17) is 15.9 Å². The van der Waals surface area contributed by atoms with Gasteiger partial charge in [0.15, 0.2) is 0 Å². The topological polar surface area (TPSA) is 21.7 Å². The standard InChI is InChI=1S/C23H29NO2S/c1-6-7-18(2)19(3)27-24(16-20-8-12-22(25-4)13-9-20)17-21-10-14-23(26-5)15-11-21/h1,8-15,18-19H,7,16-17H2,2-5H3. The molecule has 2 aromatic carbocycles. The molecule has 0 aromatic heterocycles. The average Bonchev–Trinajstić information content (AvgIpc) is 2.69. The van der Waals surface area contributed by atoms with Crippen molar-refractivity contribution < 1.29 is 9.47 Å². The Morgan fingerprint density at radius 3 is 1.70 bits per heavy atom. The molecular formula is C23H29NO2S. The second kappa shape index (κ2) is 10.9. The molecule has 4 heteroatoms. The molecule has 0 saturated carbocycles. The molecule has 144 valence electrons. The van der Waals surface area contributed by atoms with Crippen molar-refractivity contribution in [2.24, 2.45) is 5.92 Å². The highest BCUT2D eigenvalue weighted by atomic mass is 32.2. The predicted octanol–water partition coefficient (Wildman–Crippen LogP) is 5.40. The molecule has 0 aliphatic rings. The van der Waals surface area contributed by atoms with E-state index in [-0.39, 0.29) is 0 Å². The van der Waals surface area contributed by atoms with E-state index >= 15 is 0 Å². The highest BCUT2D eigenvalue weighted by Crippen LogP contribution is 2.29. The second-order valence-electron chi connectivity index (χ2n) is 6.69. The van der Waals surface area contributed by atoms with Crippen LogP contribution in [-0.2, 0) is 13.1 Å². The van der Waals surface area contributed by atoms with Gasteiger partial charge in [-0.2, -0.15) is 0 Å². The van der Waals surface area contributed by atoms with E-state index in [1.807, 2.05) is 36.2 Å². The van der Waals surface area contributed by atoms with Crippen molar-refractivity contribution >= 4 is 11.9 Å². The molecule has 0 N–H and O–H groups in total. The molecule has 27 heavy (non-hydrogen) atoms. The van der Waals surface area contributed by atoms with Crippen molar-refractivity contribution in [1.29, 1.82) is 0 Å². The first-order chi connectivity index (χ1) is 13.0. The Morgan fingerprint density at radius 2 is 1.33 bits per heavy atom. The molecule has 2 unspecified atom stereocenters. The lowest BCUT2D eigenvalue weighted by atomic mass is 10.1. The number of methoxy groups -OCH3 is 2. The first-order valence-electron chi connectivity index (χ1n) is 9.16. The molecule has 2 aromatic rings. The van der Waals surface area contributed by atoms with E-state index < -0.39 is 0 Å². The van der Waals surface area contributed by atoms with Crippen LogP contribution in [0.2, 0.25) is 0 Å². The molecule has 3 nitrogen and oxygen atoms in total. The van der Waals surface area contributed by atoms with E-state index in [0.29, 0.717) is 11.2 Å². The van der Waals surface area contributed by atoms with E-state index in [1.54, 1.807) is 14.2 Å². The minimum Gasteiger partial charge on any atom is -0.497 e. The molecule has 2 atom stereocenters. The zero-order valence-corrected chi connectivity index (χ0v) is 17.5. The van der Waals surface area contributed by atoms with Crippen LogP contribution in [0.5, 0.6) is 11.5 Å². The highest BCUT2D eigenvalue weighted by Gasteiger charge is 2.17. The van der Waals surface area contributed by atoms with Gasteiger partial charge in [0.25, 0.3) is 0 Å². The van der Waals surface area contributed by atoms with Crippen LogP contribution in [-0.4, -0.2) is 23.8 Å². The molecule has 0 fully saturated rings. The Hall–Kier alpha value is -2.09. The van der Waals surface area contributed by atoms with Crippen molar-refractivity contribution in [1.82, 2.24) is 4.31 Å². The lowest BCUT2D eigenvalue weighted by Crippen LogP contribution is -2.22. The quantitative estimate of drug-likeness (QED) is 0.404. The largest absolute Gasteiger partial charge is 0.497 e. The number of hydrogen-bond donors (Lipinski definition) is 0. The van der Waals surface area contributed by atoms with Crippen molar-refractivity contribution in [2.45, 2.75) is 38.6 Å². The second-order valence-corrected chi connectivity index (χ2v) is 8.16. The fraction of sp³-hybridized carbons (Fsp3) is 0.391. The molecule has 0 spiro atoms. The summed E-state index contributed by atoms with van der Waals surface area (Å²) in [5.41, 5.74) is 2.52. The Kier molecular flexibility index (Phi) is 8.57. The summed E-state index contributed by atoms with van der Waals surface area (Å²) in [5.74, 6) is 5.01. The van der Waals surface area contributed by atoms with Gasteiger partial charge in [0, 0.05) is 24.8 Å². The predicted molar refractivity (Wildman–Crippen MR) is 115 cm³/mol. The highest BCUT2D eigenvalue weighted by molar-refractivity contribution is 7.97. The Labute approximate surface area is 168 Å². The van der Waals surface area contributed by atoms with Crippen LogP contribution in [0.4, 0.5) is 0 Å². The van der Waals surface area contributed by atoms with Gasteiger partial charge >= 0.3 is 0 Å². The summed E-state index contributed by atoms with van der Waals surface area (Å²) >= 11 is 1.88. The van der Waals surface area contributed by atoms with Gasteiger partial charge in [-0.25, -0.2) is 4.31 Å². The SMILES string of the molecule is C#CCC(C)C(C)SN(Cc1ccc(OC)cc1)Cc1ccc(OC)cc1. The average molecular weight is 384 g/mol. The van der Waals surface area contributed by atoms with Gasteiger partial charge in [-0.3, -0.25) is 0 Å². The summed E-state index contributed by atoms with van der Waals surface area (Å²) in [7, 11) is 3.38. The lowest BCUT2D eigenvalue weighted by molar-refractivity contribution is 0.412. The van der Waals surface area contributed by atoms with Gasteiger partial charge in [0.2, 0.25) is 0 Å². The Bertz CT molecular complexity index is 672. The zero-order chi connectivity index (χ0) is 19.6. The molecule has 0 aliphatic heterocycles. The Morgan fingerprint density at radius 1 is 0.889 bits per heavy atom. The maximum Gasteiger partial charge on any atom is 0.118 e. The van der Waals surface area contributed by atoms with Gasteiger partial charge < -0.3 is 9.47 Å². The molecule has 0 saturated heterocycles. The summed E-state index contributed by atoms with van der Waals surface area (Å²) < 4.78 is 12.9. The van der Waals surface area contributed by atoms with Gasteiger partial charge in [0.1, 0.15) is 11.5 Å². The van der Waals surface area contributed by atoms with Crippen molar-refractivity contribution in [2.75, 3.05) is 14.2 Å². The normalized spacial score (nSPS) is 13.0. The van der Waals surface area contributed by atoms with Crippen LogP contribution in [0.25, 0.3) is 0 Å². The first kappa shape index (κ1) is 21.2. The van der Waals surface area contributed by atoms with Crippen molar-refractivity contribution in [3.8, 4) is 23.8 Å².